The highest BCUT2D eigenvalue weighted by molar-refractivity contribution is 7.91. The van der Waals surface area contributed by atoms with Gasteiger partial charge in [-0.15, -0.1) is 0 Å². The molecule has 22 heteroatoms. The van der Waals surface area contributed by atoms with Crippen molar-refractivity contribution in [1.82, 2.24) is 29.1 Å². The van der Waals surface area contributed by atoms with Crippen LogP contribution in [0, 0.1) is 17.2 Å². The minimum atomic E-state index is -3.30. The highest BCUT2D eigenvalue weighted by Gasteiger charge is 2.53. The van der Waals surface area contributed by atoms with E-state index in [1.54, 1.807) is 33.0 Å². The minimum Gasteiger partial charge on any atom is -0.497 e. The van der Waals surface area contributed by atoms with Crippen LogP contribution in [0.5, 0.6) is 11.5 Å². The number of carbonyl (C=O) groups excluding carboxylic acids is 1. The fourth-order valence-electron chi connectivity index (χ4n) is 8.52. The number of sulfone groups is 1. The van der Waals surface area contributed by atoms with Crippen LogP contribution in [0.2, 0.25) is 0 Å². The van der Waals surface area contributed by atoms with Crippen LogP contribution < -0.4 is 20.3 Å². The molecule has 380 valence electrons. The summed E-state index contributed by atoms with van der Waals surface area (Å²) in [5, 5.41) is 12.3. The molecule has 2 aliphatic heterocycles. The number of nitrogens with zero attached hydrogens (tertiary/aromatic N) is 6. The Morgan fingerprint density at radius 2 is 1.54 bits per heavy atom. The number of nitriles is 1. The smallest absolute Gasteiger partial charge is 0.280 e. The van der Waals surface area contributed by atoms with E-state index in [4.69, 9.17) is 44.9 Å². The Kier molecular flexibility index (Phi) is 17.5. The molecule has 0 spiro atoms. The summed E-state index contributed by atoms with van der Waals surface area (Å²) >= 11 is 5.99. The molecule has 0 radical (unpaired) electrons. The van der Waals surface area contributed by atoms with E-state index in [2.05, 4.69) is 31.0 Å². The lowest BCUT2D eigenvalue weighted by molar-refractivity contribution is -0.118. The van der Waals surface area contributed by atoms with E-state index >= 15 is 0 Å². The molecular formula is C49H61N8O11PS2. The zero-order valence-electron chi connectivity index (χ0n) is 41.0. The van der Waals surface area contributed by atoms with E-state index in [0.29, 0.717) is 11.5 Å². The molecule has 19 nitrogen and oxygen atoms in total. The van der Waals surface area contributed by atoms with Crippen LogP contribution in [0.15, 0.2) is 90.0 Å². The van der Waals surface area contributed by atoms with E-state index in [0.717, 1.165) is 16.7 Å². The van der Waals surface area contributed by atoms with Gasteiger partial charge >= 0.3 is 0 Å². The second-order valence-electron chi connectivity index (χ2n) is 17.9. The molecule has 2 aliphatic rings. The molecule has 0 saturated carbocycles. The number of hydrogen-bond acceptors (Lipinski definition) is 16. The van der Waals surface area contributed by atoms with Gasteiger partial charge in [0, 0.05) is 31.1 Å². The summed E-state index contributed by atoms with van der Waals surface area (Å²) in [4.78, 5) is 39.9. The van der Waals surface area contributed by atoms with Crippen molar-refractivity contribution in [3.8, 4) is 17.6 Å². The van der Waals surface area contributed by atoms with Crippen molar-refractivity contribution in [2.45, 2.75) is 90.2 Å². The number of methoxy groups -OCH3 is 2. The van der Waals surface area contributed by atoms with Crippen LogP contribution in [-0.4, -0.2) is 131 Å². The Hall–Kier alpha value is -5.56. The first-order chi connectivity index (χ1) is 34.0. The molecule has 5 aromatic rings. The van der Waals surface area contributed by atoms with E-state index in [-0.39, 0.29) is 84.5 Å². The quantitative estimate of drug-likeness (QED) is 0.0358. The molecule has 2 N–H and O–H groups in total. The van der Waals surface area contributed by atoms with Crippen LogP contribution >= 0.6 is 20.7 Å². The van der Waals surface area contributed by atoms with Crippen LogP contribution in [0.4, 0.5) is 5.95 Å². The molecule has 2 aromatic heterocycles. The lowest BCUT2D eigenvalue weighted by atomic mass is 9.80. The van der Waals surface area contributed by atoms with Crippen molar-refractivity contribution in [3.63, 3.8) is 0 Å². The number of imidazole rings is 1. The molecule has 7 rings (SSSR count). The number of benzene rings is 3. The number of fused-ring (bicyclic) bond motifs is 1. The highest BCUT2D eigenvalue weighted by Crippen LogP contribution is 2.52. The summed E-state index contributed by atoms with van der Waals surface area (Å²) in [6.45, 7) is 11.5. The molecular weight excluding hydrogens is 972 g/mol. The lowest BCUT2D eigenvalue weighted by Crippen LogP contribution is -2.48. The molecule has 1 unspecified atom stereocenters. The summed E-state index contributed by atoms with van der Waals surface area (Å²) in [7, 11) is -2.10. The summed E-state index contributed by atoms with van der Waals surface area (Å²) in [6.07, 6.45) is -3.03. The van der Waals surface area contributed by atoms with Crippen LogP contribution in [0.3, 0.4) is 0 Å². The van der Waals surface area contributed by atoms with Crippen LogP contribution in [0.25, 0.3) is 11.2 Å². The first-order valence-corrected chi connectivity index (χ1v) is 26.7. The molecule has 71 heavy (non-hydrogen) atoms. The van der Waals surface area contributed by atoms with Crippen molar-refractivity contribution in [2.24, 2.45) is 5.92 Å². The first-order valence-electron chi connectivity index (χ1n) is 23.3. The molecule has 0 aliphatic carbocycles. The molecule has 4 heterocycles. The number of aromatic nitrogens is 4. The molecule has 3 aromatic carbocycles. The number of thiocarbonyl (C=S) groups is 1. The van der Waals surface area contributed by atoms with E-state index < -0.39 is 60.0 Å². The number of carbonyl (C=O) groups is 1. The lowest BCUT2D eigenvalue weighted by Gasteiger charge is -2.39. The van der Waals surface area contributed by atoms with Gasteiger partial charge in [-0.05, 0) is 80.9 Å². The summed E-state index contributed by atoms with van der Waals surface area (Å²) in [5.41, 5.74) is 0.358. The number of rotatable bonds is 20. The van der Waals surface area contributed by atoms with E-state index in [1.165, 1.54) is 10.9 Å². The maximum Gasteiger partial charge on any atom is 0.280 e. The van der Waals surface area contributed by atoms with Crippen molar-refractivity contribution < 1.29 is 45.9 Å². The van der Waals surface area contributed by atoms with Gasteiger partial charge in [-0.2, -0.15) is 10.2 Å². The number of anilines is 1. The molecule has 2 fully saturated rings. The summed E-state index contributed by atoms with van der Waals surface area (Å²) in [5.74, 6) is 0.101. The third-order valence-electron chi connectivity index (χ3n) is 12.1. The van der Waals surface area contributed by atoms with Crippen molar-refractivity contribution >= 4 is 58.8 Å². The second kappa shape index (κ2) is 23.3. The molecule has 2 saturated heterocycles. The van der Waals surface area contributed by atoms with Gasteiger partial charge in [-0.3, -0.25) is 24.5 Å². The standard InChI is InChI=1S/C49H61N8O11PS2/c1-31(2)44(58)53-47-52-43-40(45(59)54-47)51-30-56(43)46-42(67-48(70)55-24-27-71(60,61)28-25-55)41(68-69(65-26-12-23-50)57(32(3)4)33(5)6)39(66-46)29-64-49(34-13-10-9-11-14-34,35-15-19-37(62-7)20-16-35)36-17-21-38(63-8)22-18-36/h9-11,13-22,30-33,39,41-42,46H,12,24-29H2,1-8H3,(H2,52,53,54,58,59)/t39-,41-,42-,46-,69?/m1/s1. The van der Waals surface area contributed by atoms with E-state index in [9.17, 15) is 23.3 Å². The third kappa shape index (κ3) is 12.0. The van der Waals surface area contributed by atoms with Gasteiger partial charge in [0.05, 0.1) is 57.8 Å². The zero-order valence-corrected chi connectivity index (χ0v) is 43.5. The minimum absolute atomic E-state index is 0.0109. The number of H-pyrrole nitrogens is 1. The fourth-order valence-corrected chi connectivity index (χ4v) is 11.8. The number of aromatic amines is 1. The number of ether oxygens (including phenoxy) is 5. The van der Waals surface area contributed by atoms with Gasteiger partial charge in [-0.25, -0.2) is 18.1 Å². The fraction of sp³-hybridized carbons (Fsp3) is 0.469. The first kappa shape index (κ1) is 53.2. The number of amides is 1. The van der Waals surface area contributed by atoms with Crippen molar-refractivity contribution in [2.75, 3.05) is 57.3 Å². The Labute approximate surface area is 420 Å². The number of hydrogen-bond donors (Lipinski definition) is 2. The monoisotopic (exact) mass is 1030 g/mol. The molecule has 0 bridgehead atoms. The predicted molar refractivity (Wildman–Crippen MR) is 272 cm³/mol. The topological polar surface area (TPSA) is 222 Å². The Morgan fingerprint density at radius 3 is 2.08 bits per heavy atom. The maximum atomic E-state index is 13.6. The Bertz CT molecular complexity index is 2760. The highest BCUT2D eigenvalue weighted by atomic mass is 32.2. The van der Waals surface area contributed by atoms with Crippen LogP contribution in [0.1, 0.15) is 70.9 Å². The predicted octanol–water partition coefficient (Wildman–Crippen LogP) is 6.70. The summed E-state index contributed by atoms with van der Waals surface area (Å²) < 4.78 is 75.1. The SMILES string of the molecule is COc1ccc(C(OC[C@H]2O[C@@H](n3cnc4c(=O)[nH]c(NC(=O)C(C)C)nc43)[C@H](OC(=S)N3CCS(=O)(=O)CC3)[C@@H]2OP(OCCC#N)N(C(C)C)C(C)C)(c2ccccc2)c2ccc(OC)cc2)cc1. The van der Waals surface area contributed by atoms with Crippen molar-refractivity contribution in [3.05, 3.63) is 112 Å². The molecule has 1 amide bonds. The average molecular weight is 1030 g/mol. The Morgan fingerprint density at radius 1 is 0.944 bits per heavy atom. The third-order valence-corrected chi connectivity index (χ3v) is 16.2. The van der Waals surface area contributed by atoms with Gasteiger partial charge in [0.2, 0.25) is 11.9 Å². The number of nitrogens with one attached hydrogen (secondary N) is 2. The zero-order chi connectivity index (χ0) is 51.0. The Balaban J connectivity index is 1.42. The summed E-state index contributed by atoms with van der Waals surface area (Å²) in [6, 6.07) is 26.9. The second-order valence-corrected chi connectivity index (χ2v) is 21.9. The largest absolute Gasteiger partial charge is 0.497 e. The van der Waals surface area contributed by atoms with Crippen molar-refractivity contribution in [1.29, 1.82) is 5.26 Å². The van der Waals surface area contributed by atoms with Gasteiger partial charge in [-0.1, -0.05) is 68.4 Å². The maximum absolute atomic E-state index is 13.6. The van der Waals surface area contributed by atoms with Gasteiger partial charge in [0.1, 0.15) is 29.3 Å². The molecule has 5 atom stereocenters. The van der Waals surface area contributed by atoms with Gasteiger partial charge in [0.15, 0.2) is 33.3 Å². The average Bonchev–Trinajstić information content (AvgIpc) is 3.92. The van der Waals surface area contributed by atoms with Crippen LogP contribution in [-0.2, 0) is 43.5 Å². The van der Waals surface area contributed by atoms with E-state index in [1.807, 2.05) is 107 Å². The van der Waals surface area contributed by atoms with Gasteiger partial charge in [0.25, 0.3) is 19.3 Å². The normalized spacial score (nSPS) is 19.6. The van der Waals surface area contributed by atoms with Gasteiger partial charge < -0.3 is 37.6 Å².